The minimum Gasteiger partial charge on any atom is -0.490 e. The molecule has 0 unspecified atom stereocenters. The molecule has 104 valence electrons. The van der Waals surface area contributed by atoms with Gasteiger partial charge in [0.2, 0.25) is 0 Å². The van der Waals surface area contributed by atoms with E-state index in [9.17, 15) is 0 Å². The Bertz CT molecular complexity index is 415. The van der Waals surface area contributed by atoms with E-state index in [-0.39, 0.29) is 0 Å². The summed E-state index contributed by atoms with van der Waals surface area (Å²) >= 11 is 0. The van der Waals surface area contributed by atoms with E-state index < -0.39 is 0 Å². The minimum absolute atomic E-state index is 0.737. The maximum Gasteiger partial charge on any atom is 0.161 e. The highest BCUT2D eigenvalue weighted by Crippen LogP contribution is 2.30. The predicted octanol–water partition coefficient (Wildman–Crippen LogP) is 3.25. The molecule has 3 heteroatoms. The van der Waals surface area contributed by atoms with Crippen LogP contribution in [0, 0.1) is 0 Å². The number of rotatable bonds is 6. The molecule has 0 amide bonds. The van der Waals surface area contributed by atoms with Gasteiger partial charge in [0.15, 0.2) is 11.5 Å². The lowest BCUT2D eigenvalue weighted by Gasteiger charge is -2.07. The highest BCUT2D eigenvalue weighted by Gasteiger charge is 2.09. The summed E-state index contributed by atoms with van der Waals surface area (Å²) in [5, 5.41) is 3.38. The average molecular weight is 261 g/mol. The van der Waals surface area contributed by atoms with Gasteiger partial charge in [-0.25, -0.2) is 0 Å². The molecular formula is C16H23NO2. The van der Waals surface area contributed by atoms with Gasteiger partial charge in [0.1, 0.15) is 0 Å². The molecule has 1 aliphatic rings. The monoisotopic (exact) mass is 261 g/mol. The van der Waals surface area contributed by atoms with Crippen molar-refractivity contribution in [1.29, 1.82) is 0 Å². The molecule has 0 atom stereocenters. The molecule has 3 nitrogen and oxygen atoms in total. The van der Waals surface area contributed by atoms with Gasteiger partial charge >= 0.3 is 0 Å². The first kappa shape index (κ1) is 13.9. The van der Waals surface area contributed by atoms with Crippen LogP contribution in [0.1, 0.15) is 31.7 Å². The van der Waals surface area contributed by atoms with Crippen molar-refractivity contribution < 1.29 is 9.47 Å². The molecule has 0 aromatic heterocycles. The normalized spacial score (nSPS) is 14.6. The van der Waals surface area contributed by atoms with Crippen molar-refractivity contribution in [3.05, 3.63) is 29.8 Å². The number of hydrogen-bond acceptors (Lipinski definition) is 3. The van der Waals surface area contributed by atoms with Gasteiger partial charge in [-0.2, -0.15) is 0 Å². The van der Waals surface area contributed by atoms with Crippen molar-refractivity contribution in [3.63, 3.8) is 0 Å². The second-order valence-corrected chi connectivity index (χ2v) is 4.70. The highest BCUT2D eigenvalue weighted by atomic mass is 16.5. The van der Waals surface area contributed by atoms with E-state index in [4.69, 9.17) is 9.47 Å². The van der Waals surface area contributed by atoms with Crippen LogP contribution in [0.25, 0.3) is 6.08 Å². The lowest BCUT2D eigenvalue weighted by molar-refractivity contribution is 0.297. The zero-order valence-corrected chi connectivity index (χ0v) is 11.7. The lowest BCUT2D eigenvalue weighted by Crippen LogP contribution is -2.14. The predicted molar refractivity (Wildman–Crippen MR) is 78.9 cm³/mol. The Balaban J connectivity index is 1.87. The number of nitrogens with one attached hydrogen (secondary N) is 1. The van der Waals surface area contributed by atoms with Gasteiger partial charge in [-0.15, -0.1) is 0 Å². The molecule has 1 N–H and O–H groups in total. The summed E-state index contributed by atoms with van der Waals surface area (Å²) in [5.74, 6) is 1.73. The van der Waals surface area contributed by atoms with E-state index in [1.165, 1.54) is 12.0 Å². The van der Waals surface area contributed by atoms with E-state index in [0.29, 0.717) is 0 Å². The van der Waals surface area contributed by atoms with Crippen molar-refractivity contribution in [2.45, 2.75) is 26.2 Å². The van der Waals surface area contributed by atoms with E-state index in [1.54, 1.807) is 0 Å². The van der Waals surface area contributed by atoms with Crippen molar-refractivity contribution in [2.24, 2.45) is 0 Å². The molecular weight excluding hydrogens is 238 g/mol. The largest absolute Gasteiger partial charge is 0.490 e. The summed E-state index contributed by atoms with van der Waals surface area (Å²) in [6.45, 7) is 5.79. The molecule has 1 aromatic rings. The quantitative estimate of drug-likeness (QED) is 0.797. The van der Waals surface area contributed by atoms with Crippen LogP contribution in [-0.2, 0) is 0 Å². The summed E-state index contributed by atoms with van der Waals surface area (Å²) in [7, 11) is 0. The van der Waals surface area contributed by atoms with Crippen LogP contribution in [-0.4, -0.2) is 26.3 Å². The first-order valence-electron chi connectivity index (χ1n) is 7.17. The van der Waals surface area contributed by atoms with E-state index in [1.807, 2.05) is 6.07 Å². The third-order valence-electron chi connectivity index (χ3n) is 3.00. The molecule has 0 radical (unpaired) electrons. The number of fused-ring (bicyclic) bond motifs is 1. The lowest BCUT2D eigenvalue weighted by atomic mass is 10.1. The number of hydrogen-bond donors (Lipinski definition) is 1. The molecule has 1 aromatic carbocycles. The number of ether oxygens (including phenoxy) is 2. The van der Waals surface area contributed by atoms with Crippen molar-refractivity contribution in [1.82, 2.24) is 5.32 Å². The molecule has 0 saturated carbocycles. The first-order valence-corrected chi connectivity index (χ1v) is 7.17. The Morgan fingerprint density at radius 2 is 2.00 bits per heavy atom. The smallest absolute Gasteiger partial charge is 0.161 e. The molecule has 19 heavy (non-hydrogen) atoms. The summed E-state index contributed by atoms with van der Waals surface area (Å²) < 4.78 is 11.3. The van der Waals surface area contributed by atoms with Crippen LogP contribution >= 0.6 is 0 Å². The van der Waals surface area contributed by atoms with Gasteiger partial charge in [-0.1, -0.05) is 25.1 Å². The minimum atomic E-state index is 0.737. The summed E-state index contributed by atoms with van der Waals surface area (Å²) in [6.07, 6.45) is 7.52. The van der Waals surface area contributed by atoms with Crippen LogP contribution in [0.3, 0.4) is 0 Å². The Labute approximate surface area is 115 Å². The summed E-state index contributed by atoms with van der Waals surface area (Å²) in [6, 6.07) is 6.12. The van der Waals surface area contributed by atoms with Gasteiger partial charge < -0.3 is 14.8 Å². The van der Waals surface area contributed by atoms with Gasteiger partial charge in [-0.05, 0) is 43.6 Å². The molecule has 0 fully saturated rings. The molecule has 0 bridgehead atoms. The standard InChI is InChI=1S/C16H23NO2/c1-2-9-17-10-4-3-6-14-7-8-15-16(13-14)19-12-5-11-18-15/h3,6-8,13,17H,2,4-5,9-12H2,1H3. The van der Waals surface area contributed by atoms with Crippen molar-refractivity contribution in [3.8, 4) is 11.5 Å². The SMILES string of the molecule is CCCNCCC=Cc1ccc2c(c1)OCCCO2. The fourth-order valence-electron chi connectivity index (χ4n) is 1.99. The van der Waals surface area contributed by atoms with Crippen LogP contribution in [0.5, 0.6) is 11.5 Å². The third kappa shape index (κ3) is 4.60. The molecule has 1 heterocycles. The van der Waals surface area contributed by atoms with Gasteiger partial charge in [0.25, 0.3) is 0 Å². The maximum atomic E-state index is 5.68. The Morgan fingerprint density at radius 1 is 1.16 bits per heavy atom. The Morgan fingerprint density at radius 3 is 2.84 bits per heavy atom. The Kier molecular flexibility index (Phi) is 5.76. The molecule has 1 aliphatic heterocycles. The van der Waals surface area contributed by atoms with Crippen LogP contribution in [0.2, 0.25) is 0 Å². The van der Waals surface area contributed by atoms with E-state index in [2.05, 4.69) is 36.5 Å². The fourth-order valence-corrected chi connectivity index (χ4v) is 1.99. The van der Waals surface area contributed by atoms with Crippen LogP contribution < -0.4 is 14.8 Å². The highest BCUT2D eigenvalue weighted by molar-refractivity contribution is 5.56. The molecule has 2 rings (SSSR count). The van der Waals surface area contributed by atoms with Gasteiger partial charge in [0.05, 0.1) is 13.2 Å². The Hall–Kier alpha value is -1.48. The second kappa shape index (κ2) is 7.85. The molecule has 0 spiro atoms. The molecule has 0 aliphatic carbocycles. The molecule has 0 saturated heterocycles. The summed E-state index contributed by atoms with van der Waals surface area (Å²) in [5.41, 5.74) is 1.17. The van der Waals surface area contributed by atoms with Crippen LogP contribution in [0.4, 0.5) is 0 Å². The van der Waals surface area contributed by atoms with E-state index >= 15 is 0 Å². The zero-order valence-electron chi connectivity index (χ0n) is 11.7. The zero-order chi connectivity index (χ0) is 13.3. The third-order valence-corrected chi connectivity index (χ3v) is 3.00. The van der Waals surface area contributed by atoms with Crippen molar-refractivity contribution in [2.75, 3.05) is 26.3 Å². The number of benzene rings is 1. The fraction of sp³-hybridized carbons (Fsp3) is 0.500. The summed E-state index contributed by atoms with van der Waals surface area (Å²) in [4.78, 5) is 0. The van der Waals surface area contributed by atoms with Gasteiger partial charge in [0, 0.05) is 6.42 Å². The van der Waals surface area contributed by atoms with Crippen molar-refractivity contribution >= 4 is 6.08 Å². The first-order chi connectivity index (χ1) is 9.40. The maximum absolute atomic E-state index is 5.68. The van der Waals surface area contributed by atoms with Gasteiger partial charge in [-0.3, -0.25) is 0 Å². The van der Waals surface area contributed by atoms with E-state index in [0.717, 1.165) is 50.6 Å². The van der Waals surface area contributed by atoms with Crippen LogP contribution in [0.15, 0.2) is 24.3 Å². The topological polar surface area (TPSA) is 30.5 Å². The average Bonchev–Trinajstić information content (AvgIpc) is 2.67. The second-order valence-electron chi connectivity index (χ2n) is 4.70.